The molecule has 2 aromatic heterocycles. The van der Waals surface area contributed by atoms with Crippen LogP contribution in [0.1, 0.15) is 59.6 Å². The highest BCUT2D eigenvalue weighted by atomic mass is 32.1. The van der Waals surface area contributed by atoms with Crippen LogP contribution in [0.5, 0.6) is 0 Å². The topological polar surface area (TPSA) is 122 Å². The van der Waals surface area contributed by atoms with Gasteiger partial charge in [-0.15, -0.1) is 15.3 Å². The van der Waals surface area contributed by atoms with Crippen LogP contribution in [0.3, 0.4) is 0 Å². The number of hydrogen-bond acceptors (Lipinski definition) is 8. The molecule has 2 amide bonds. The third-order valence-corrected chi connectivity index (χ3v) is 7.56. The van der Waals surface area contributed by atoms with Gasteiger partial charge in [-0.3, -0.25) is 9.59 Å². The van der Waals surface area contributed by atoms with E-state index in [1.807, 2.05) is 24.3 Å². The minimum absolute atomic E-state index is 0.0242. The maximum atomic E-state index is 12.6. The summed E-state index contributed by atoms with van der Waals surface area (Å²) in [6, 6.07) is 19.9. The van der Waals surface area contributed by atoms with E-state index in [-0.39, 0.29) is 12.3 Å². The molecule has 0 saturated heterocycles. The Bertz CT molecular complexity index is 1500. The second-order valence-electron chi connectivity index (χ2n) is 10.3. The number of alkyl halides is 3. The predicted octanol–water partition coefficient (Wildman–Crippen LogP) is 5.86. The Morgan fingerprint density at radius 1 is 0.841 bits per heavy atom. The minimum Gasteiger partial charge on any atom is -0.360 e. The molecule has 4 rings (SSSR count). The first kappa shape index (κ1) is 32.5. The van der Waals surface area contributed by atoms with Gasteiger partial charge in [0.25, 0.3) is 0 Å². The van der Waals surface area contributed by atoms with E-state index in [9.17, 15) is 22.8 Å². The second kappa shape index (κ2) is 15.9. The van der Waals surface area contributed by atoms with Crippen LogP contribution < -0.4 is 16.0 Å². The maximum Gasteiger partial charge on any atom is 0.397 e. The second-order valence-corrected chi connectivity index (χ2v) is 11.4. The normalized spacial score (nSPS) is 12.0. The number of unbranched alkanes of at least 4 members (excludes halogenated alkanes) is 1. The third-order valence-electron chi connectivity index (χ3n) is 6.61. The first-order chi connectivity index (χ1) is 21.1. The van der Waals surface area contributed by atoms with E-state index in [2.05, 4.69) is 48.5 Å². The fraction of sp³-hybridized carbons (Fsp3) is 0.355. The van der Waals surface area contributed by atoms with Crippen molar-refractivity contribution in [2.24, 2.45) is 0 Å². The summed E-state index contributed by atoms with van der Waals surface area (Å²) in [5.74, 6) is -1.10. The van der Waals surface area contributed by atoms with Crippen molar-refractivity contribution in [3.63, 3.8) is 0 Å². The fourth-order valence-corrected chi connectivity index (χ4v) is 5.24. The summed E-state index contributed by atoms with van der Waals surface area (Å²) >= 11 is 1.57. The zero-order valence-electron chi connectivity index (χ0n) is 24.2. The lowest BCUT2D eigenvalue weighted by molar-refractivity contribution is -0.154. The summed E-state index contributed by atoms with van der Waals surface area (Å²) in [5, 5.41) is 27.0. The van der Waals surface area contributed by atoms with Crippen molar-refractivity contribution in [3.8, 4) is 0 Å². The molecule has 0 spiro atoms. The Morgan fingerprint density at radius 2 is 1.61 bits per heavy atom. The zero-order chi connectivity index (χ0) is 31.4. The van der Waals surface area contributed by atoms with Gasteiger partial charge < -0.3 is 16.0 Å². The highest BCUT2D eigenvalue weighted by Gasteiger charge is 2.31. The maximum absolute atomic E-state index is 12.6. The lowest BCUT2D eigenvalue weighted by Gasteiger charge is -2.16. The molecule has 3 N–H and O–H groups in total. The van der Waals surface area contributed by atoms with E-state index in [1.54, 1.807) is 48.6 Å². The molecule has 9 nitrogen and oxygen atoms in total. The van der Waals surface area contributed by atoms with Crippen LogP contribution in [0.25, 0.3) is 0 Å². The molecule has 44 heavy (non-hydrogen) atoms. The Hall–Kier alpha value is -4.39. The Balaban J connectivity index is 1.14. The number of hydrogen-bond donors (Lipinski definition) is 3. The monoisotopic (exact) mass is 625 g/mol. The number of nitrogens with one attached hydrogen (secondary N) is 3. The first-order valence-electron chi connectivity index (χ1n) is 14.3. The molecule has 232 valence electrons. The van der Waals surface area contributed by atoms with E-state index in [1.165, 1.54) is 5.56 Å². The van der Waals surface area contributed by atoms with E-state index in [0.29, 0.717) is 16.9 Å². The predicted molar refractivity (Wildman–Crippen MR) is 163 cm³/mol. The highest BCUT2D eigenvalue weighted by Crippen LogP contribution is 2.21. The van der Waals surface area contributed by atoms with Crippen molar-refractivity contribution in [1.82, 2.24) is 25.7 Å². The molecule has 0 aliphatic carbocycles. The van der Waals surface area contributed by atoms with Crippen LogP contribution in [0, 0.1) is 0 Å². The van der Waals surface area contributed by atoms with Crippen LogP contribution in [0.2, 0.25) is 0 Å². The van der Waals surface area contributed by atoms with Crippen molar-refractivity contribution >= 4 is 34.1 Å². The van der Waals surface area contributed by atoms with Gasteiger partial charge in [-0.1, -0.05) is 65.9 Å². The van der Waals surface area contributed by atoms with Gasteiger partial charge in [0, 0.05) is 13.0 Å². The quantitative estimate of drug-likeness (QED) is 0.142. The van der Waals surface area contributed by atoms with Gasteiger partial charge in [0.1, 0.15) is 11.4 Å². The molecule has 1 atom stereocenters. The minimum atomic E-state index is -4.57. The first-order valence-corrected chi connectivity index (χ1v) is 15.1. The van der Waals surface area contributed by atoms with Gasteiger partial charge in [0.2, 0.25) is 16.9 Å². The van der Waals surface area contributed by atoms with Gasteiger partial charge in [0.15, 0.2) is 5.82 Å². The zero-order valence-corrected chi connectivity index (χ0v) is 25.0. The van der Waals surface area contributed by atoms with Crippen LogP contribution in [0.4, 0.5) is 24.1 Å². The van der Waals surface area contributed by atoms with Crippen molar-refractivity contribution < 1.29 is 22.8 Å². The molecule has 2 aromatic carbocycles. The average molecular weight is 626 g/mol. The van der Waals surface area contributed by atoms with Gasteiger partial charge in [-0.25, -0.2) is 0 Å². The van der Waals surface area contributed by atoms with E-state index in [4.69, 9.17) is 0 Å². The molecular weight excluding hydrogens is 591 g/mol. The Labute approximate surface area is 257 Å². The number of aromatic nitrogens is 4. The summed E-state index contributed by atoms with van der Waals surface area (Å²) in [4.78, 5) is 24.2. The molecule has 0 radical (unpaired) electrons. The number of rotatable bonds is 15. The summed E-state index contributed by atoms with van der Waals surface area (Å²) in [5.41, 5.74) is 3.33. The molecule has 13 heteroatoms. The number of anilines is 2. The van der Waals surface area contributed by atoms with Crippen LogP contribution >= 0.6 is 11.3 Å². The molecule has 1 unspecified atom stereocenters. The van der Waals surface area contributed by atoms with E-state index < -0.39 is 24.5 Å². The highest BCUT2D eigenvalue weighted by molar-refractivity contribution is 7.15. The van der Waals surface area contributed by atoms with Crippen molar-refractivity contribution in [3.05, 3.63) is 94.1 Å². The molecule has 0 aliphatic heterocycles. The molecule has 2 heterocycles. The Kier molecular flexibility index (Phi) is 11.8. The number of halogens is 3. The number of carbonyl (C=O) groups is 2. The van der Waals surface area contributed by atoms with Gasteiger partial charge in [-0.05, 0) is 61.4 Å². The molecule has 4 aromatic rings. The lowest BCUT2D eigenvalue weighted by Crippen LogP contribution is -2.30. The molecular formula is C31H34F3N7O2S. The average Bonchev–Trinajstić information content (AvgIpc) is 3.43. The summed E-state index contributed by atoms with van der Waals surface area (Å²) < 4.78 is 37.3. The SMILES string of the molecule is CC(NC(=O)CC(F)(F)F)c1cccc(CC(=O)Nc2ccc(CCCCc3nnc(NCCc4ccccc4)s3)nn2)c1. The van der Waals surface area contributed by atoms with Crippen molar-refractivity contribution in [1.29, 1.82) is 0 Å². The molecule has 0 fully saturated rings. The summed E-state index contributed by atoms with van der Waals surface area (Å²) in [7, 11) is 0. The van der Waals surface area contributed by atoms with Crippen LogP contribution in [0.15, 0.2) is 66.7 Å². The molecule has 0 aliphatic rings. The van der Waals surface area contributed by atoms with Gasteiger partial charge >= 0.3 is 6.18 Å². The van der Waals surface area contributed by atoms with E-state index in [0.717, 1.165) is 54.5 Å². The van der Waals surface area contributed by atoms with Gasteiger partial charge in [0.05, 0.1) is 18.2 Å². The number of carbonyl (C=O) groups excluding carboxylic acids is 2. The smallest absolute Gasteiger partial charge is 0.360 e. The Morgan fingerprint density at radius 3 is 2.36 bits per heavy atom. The van der Waals surface area contributed by atoms with Crippen molar-refractivity contribution in [2.75, 3.05) is 17.2 Å². The van der Waals surface area contributed by atoms with E-state index >= 15 is 0 Å². The lowest BCUT2D eigenvalue weighted by atomic mass is 10.0. The van der Waals surface area contributed by atoms with Gasteiger partial charge in [-0.2, -0.15) is 18.3 Å². The molecule has 0 bridgehead atoms. The standard InChI is InChI=1S/C31H34F3N7O2S/c1-21(36-28(43)20-31(32,33)34)24-11-7-10-23(18-24)19-27(42)37-26-15-14-25(38-39-26)12-5-6-13-29-40-41-30(44-29)35-17-16-22-8-3-2-4-9-22/h2-4,7-11,14-15,18,21H,5-6,12-13,16-17,19-20H2,1H3,(H,35,41)(H,36,43)(H,37,39,42). The number of aryl methyl sites for hydroxylation is 2. The summed E-state index contributed by atoms with van der Waals surface area (Å²) in [6.07, 6.45) is -1.75. The number of nitrogens with zero attached hydrogens (tertiary/aromatic N) is 4. The summed E-state index contributed by atoms with van der Waals surface area (Å²) in [6.45, 7) is 2.39. The fourth-order valence-electron chi connectivity index (χ4n) is 4.43. The van der Waals surface area contributed by atoms with Crippen LogP contribution in [-0.4, -0.2) is 44.9 Å². The largest absolute Gasteiger partial charge is 0.397 e. The van der Waals surface area contributed by atoms with Crippen molar-refractivity contribution in [2.45, 2.75) is 64.1 Å². The number of amides is 2. The number of benzene rings is 2. The molecule has 0 saturated carbocycles. The third kappa shape index (κ3) is 11.4. The van der Waals surface area contributed by atoms with Crippen LogP contribution in [-0.2, 0) is 35.3 Å².